The van der Waals surface area contributed by atoms with Crippen LogP contribution in [0.4, 0.5) is 9.18 Å². The third-order valence-electron chi connectivity index (χ3n) is 6.39. The first-order chi connectivity index (χ1) is 13.8. The van der Waals surface area contributed by atoms with Crippen molar-refractivity contribution in [2.45, 2.75) is 70.3 Å². The Bertz CT molecular complexity index is 708. The van der Waals surface area contributed by atoms with Crippen molar-refractivity contribution in [3.05, 3.63) is 35.6 Å². The van der Waals surface area contributed by atoms with Gasteiger partial charge in [0.2, 0.25) is 5.91 Å². The van der Waals surface area contributed by atoms with Crippen LogP contribution in [0.15, 0.2) is 24.3 Å². The smallest absolute Gasteiger partial charge is 0.315 e. The first kappa shape index (κ1) is 21.6. The number of amides is 3. The highest BCUT2D eigenvalue weighted by Crippen LogP contribution is 2.27. The van der Waals surface area contributed by atoms with Crippen LogP contribution in [0, 0.1) is 11.7 Å². The molecular weight excluding hydrogens is 369 g/mol. The SMILES string of the molecule is CC(C)(CNC(=O)NC1CCN(C(=O)C2CCCCC2)CC1)c1cccc(F)c1. The second kappa shape index (κ2) is 9.59. The van der Waals surface area contributed by atoms with Crippen molar-refractivity contribution in [3.8, 4) is 0 Å². The highest BCUT2D eigenvalue weighted by molar-refractivity contribution is 5.79. The van der Waals surface area contributed by atoms with E-state index in [1.807, 2.05) is 24.8 Å². The molecule has 1 heterocycles. The number of halogens is 1. The van der Waals surface area contributed by atoms with Gasteiger partial charge in [0.05, 0.1) is 0 Å². The fourth-order valence-electron chi connectivity index (χ4n) is 4.40. The molecule has 2 aliphatic rings. The number of benzene rings is 1. The number of hydrogen-bond donors (Lipinski definition) is 2. The summed E-state index contributed by atoms with van der Waals surface area (Å²) in [5, 5.41) is 5.95. The third-order valence-corrected chi connectivity index (χ3v) is 6.39. The molecule has 6 heteroatoms. The van der Waals surface area contributed by atoms with E-state index in [0.717, 1.165) is 44.3 Å². The average Bonchev–Trinajstić information content (AvgIpc) is 2.73. The molecule has 1 saturated carbocycles. The Morgan fingerprint density at radius 1 is 1.10 bits per heavy atom. The maximum Gasteiger partial charge on any atom is 0.315 e. The summed E-state index contributed by atoms with van der Waals surface area (Å²) in [7, 11) is 0. The van der Waals surface area contributed by atoms with Gasteiger partial charge in [-0.3, -0.25) is 4.79 Å². The van der Waals surface area contributed by atoms with Crippen LogP contribution < -0.4 is 10.6 Å². The van der Waals surface area contributed by atoms with Crippen molar-refractivity contribution in [2.75, 3.05) is 19.6 Å². The second-order valence-corrected chi connectivity index (χ2v) is 9.16. The number of piperidine rings is 1. The maximum atomic E-state index is 13.5. The van der Waals surface area contributed by atoms with Gasteiger partial charge in [-0.25, -0.2) is 9.18 Å². The van der Waals surface area contributed by atoms with Gasteiger partial charge in [-0.2, -0.15) is 0 Å². The zero-order valence-electron chi connectivity index (χ0n) is 17.7. The molecule has 0 bridgehead atoms. The van der Waals surface area contributed by atoms with Gasteiger partial charge in [-0.15, -0.1) is 0 Å². The van der Waals surface area contributed by atoms with Gasteiger partial charge < -0.3 is 15.5 Å². The quantitative estimate of drug-likeness (QED) is 0.781. The van der Waals surface area contributed by atoms with Crippen molar-refractivity contribution in [2.24, 2.45) is 5.92 Å². The monoisotopic (exact) mass is 403 g/mol. The summed E-state index contributed by atoms with van der Waals surface area (Å²) in [4.78, 5) is 27.0. The Labute approximate surface area is 173 Å². The fourth-order valence-corrected chi connectivity index (χ4v) is 4.40. The Morgan fingerprint density at radius 2 is 1.79 bits per heavy atom. The topological polar surface area (TPSA) is 61.4 Å². The van der Waals surface area contributed by atoms with Gasteiger partial charge in [-0.1, -0.05) is 45.2 Å². The molecule has 5 nitrogen and oxygen atoms in total. The van der Waals surface area contributed by atoms with Crippen molar-refractivity contribution < 1.29 is 14.0 Å². The van der Waals surface area contributed by atoms with Crippen molar-refractivity contribution >= 4 is 11.9 Å². The molecule has 2 N–H and O–H groups in total. The molecule has 0 aromatic heterocycles. The minimum Gasteiger partial charge on any atom is -0.342 e. The predicted octanol–water partition coefficient (Wildman–Crippen LogP) is 3.97. The molecule has 1 aromatic carbocycles. The van der Waals surface area contributed by atoms with Crippen LogP contribution in [0.2, 0.25) is 0 Å². The molecule has 2 fully saturated rings. The summed E-state index contributed by atoms with van der Waals surface area (Å²) in [5.74, 6) is 0.251. The lowest BCUT2D eigenvalue weighted by Gasteiger charge is -2.35. The number of carbonyl (C=O) groups excluding carboxylic acids is 2. The molecule has 3 rings (SSSR count). The van der Waals surface area contributed by atoms with Gasteiger partial charge >= 0.3 is 6.03 Å². The molecule has 1 aliphatic carbocycles. The number of nitrogens with one attached hydrogen (secondary N) is 2. The molecule has 29 heavy (non-hydrogen) atoms. The first-order valence-electron chi connectivity index (χ1n) is 10.9. The molecule has 1 aromatic rings. The lowest BCUT2D eigenvalue weighted by Crippen LogP contribution is -2.51. The number of rotatable bonds is 5. The normalized spacial score (nSPS) is 19.1. The predicted molar refractivity (Wildman–Crippen MR) is 112 cm³/mol. The number of carbonyl (C=O) groups is 2. The van der Waals surface area contributed by atoms with Crippen LogP contribution in [0.25, 0.3) is 0 Å². The van der Waals surface area contributed by atoms with E-state index >= 15 is 0 Å². The lowest BCUT2D eigenvalue weighted by molar-refractivity contribution is -0.137. The van der Waals surface area contributed by atoms with E-state index in [4.69, 9.17) is 0 Å². The highest BCUT2D eigenvalue weighted by atomic mass is 19.1. The van der Waals surface area contributed by atoms with E-state index in [1.54, 1.807) is 6.07 Å². The van der Waals surface area contributed by atoms with Crippen LogP contribution in [-0.2, 0) is 10.2 Å². The van der Waals surface area contributed by atoms with Crippen LogP contribution in [0.5, 0.6) is 0 Å². The zero-order chi connectivity index (χ0) is 20.9. The molecule has 0 atom stereocenters. The molecule has 0 spiro atoms. The van der Waals surface area contributed by atoms with Gasteiger partial charge in [0.1, 0.15) is 5.82 Å². The van der Waals surface area contributed by atoms with Gasteiger partial charge in [0.25, 0.3) is 0 Å². The number of likely N-dealkylation sites (tertiary alicyclic amines) is 1. The van der Waals surface area contributed by atoms with E-state index < -0.39 is 0 Å². The summed E-state index contributed by atoms with van der Waals surface area (Å²) in [6.07, 6.45) is 7.22. The third kappa shape index (κ3) is 5.94. The molecule has 1 aliphatic heterocycles. The molecule has 3 amide bonds. The summed E-state index contributed by atoms with van der Waals surface area (Å²) in [5.41, 5.74) is 0.488. The van der Waals surface area contributed by atoms with Gasteiger partial charge in [0.15, 0.2) is 0 Å². The van der Waals surface area contributed by atoms with Crippen LogP contribution >= 0.6 is 0 Å². The number of urea groups is 1. The highest BCUT2D eigenvalue weighted by Gasteiger charge is 2.30. The van der Waals surface area contributed by atoms with Crippen molar-refractivity contribution in [1.29, 1.82) is 0 Å². The summed E-state index contributed by atoms with van der Waals surface area (Å²) in [6.45, 7) is 5.82. The van der Waals surface area contributed by atoms with E-state index in [2.05, 4.69) is 10.6 Å². The first-order valence-corrected chi connectivity index (χ1v) is 10.9. The summed E-state index contributed by atoms with van der Waals surface area (Å²) >= 11 is 0. The standard InChI is InChI=1S/C23H34FN3O2/c1-23(2,18-9-6-10-19(24)15-18)16-25-22(29)26-20-11-13-27(14-12-20)21(28)17-7-4-3-5-8-17/h6,9-10,15,17,20H,3-5,7-8,11-14,16H2,1-2H3,(H2,25,26,29). The summed E-state index contributed by atoms with van der Waals surface area (Å²) in [6, 6.07) is 6.38. The van der Waals surface area contributed by atoms with Crippen molar-refractivity contribution in [3.63, 3.8) is 0 Å². The molecule has 0 radical (unpaired) electrons. The Kier molecular flexibility index (Phi) is 7.14. The Hall–Kier alpha value is -2.11. The Balaban J connectivity index is 1.41. The molecular formula is C23H34FN3O2. The average molecular weight is 404 g/mol. The van der Waals surface area contributed by atoms with E-state index in [0.29, 0.717) is 12.5 Å². The number of hydrogen-bond acceptors (Lipinski definition) is 2. The molecule has 160 valence electrons. The van der Waals surface area contributed by atoms with Gasteiger partial charge in [-0.05, 0) is 43.4 Å². The van der Waals surface area contributed by atoms with Crippen LogP contribution in [0.3, 0.4) is 0 Å². The lowest BCUT2D eigenvalue weighted by atomic mass is 9.84. The van der Waals surface area contributed by atoms with Gasteiger partial charge in [0, 0.05) is 37.0 Å². The Morgan fingerprint density at radius 3 is 2.45 bits per heavy atom. The van der Waals surface area contributed by atoms with E-state index in [9.17, 15) is 14.0 Å². The minimum absolute atomic E-state index is 0.0858. The van der Waals surface area contributed by atoms with E-state index in [1.165, 1.54) is 31.4 Å². The largest absolute Gasteiger partial charge is 0.342 e. The van der Waals surface area contributed by atoms with Crippen LogP contribution in [-0.4, -0.2) is 42.5 Å². The summed E-state index contributed by atoms with van der Waals surface area (Å²) < 4.78 is 13.5. The molecule has 1 saturated heterocycles. The minimum atomic E-state index is -0.366. The number of nitrogens with zero attached hydrogens (tertiary/aromatic N) is 1. The van der Waals surface area contributed by atoms with Crippen LogP contribution in [0.1, 0.15) is 64.4 Å². The fraction of sp³-hybridized carbons (Fsp3) is 0.652. The maximum absolute atomic E-state index is 13.5. The zero-order valence-corrected chi connectivity index (χ0v) is 17.7. The molecule has 0 unspecified atom stereocenters. The van der Waals surface area contributed by atoms with Crippen molar-refractivity contribution in [1.82, 2.24) is 15.5 Å². The second-order valence-electron chi connectivity index (χ2n) is 9.16. The van der Waals surface area contributed by atoms with E-state index in [-0.39, 0.29) is 29.2 Å².